The lowest BCUT2D eigenvalue weighted by Gasteiger charge is -2.35. The van der Waals surface area contributed by atoms with Crippen molar-refractivity contribution < 1.29 is 0 Å². The van der Waals surface area contributed by atoms with Crippen LogP contribution in [0, 0.1) is 5.21 Å². The molecule has 5 heteroatoms. The predicted octanol–water partition coefficient (Wildman–Crippen LogP) is 3.53. The molecule has 0 radical (unpaired) electrons. The van der Waals surface area contributed by atoms with Gasteiger partial charge in [0.15, 0.2) is 0 Å². The maximum absolute atomic E-state index is 11.0. The zero-order valence-electron chi connectivity index (χ0n) is 14.4. The van der Waals surface area contributed by atoms with Crippen LogP contribution in [0.25, 0.3) is 10.9 Å². The van der Waals surface area contributed by atoms with Gasteiger partial charge in [0.25, 0.3) is 0 Å². The number of likely N-dealkylation sites (tertiary alicyclic amines) is 1. The van der Waals surface area contributed by atoms with Crippen LogP contribution in [0.2, 0.25) is 0 Å². The number of nitrogens with one attached hydrogen (secondary N) is 3. The summed E-state index contributed by atoms with van der Waals surface area (Å²) in [6.45, 7) is 5.83. The standard InChI is InChI=1S/C19H27N4O/c1-2-23-10-8-13(9-11-23)20-18-5-3-4-15-16-12-14(22-24)6-7-17(16)21-19(15)18/h6-7,12-13,18,20-22H,2-5,8-11H2,1H3/q-1. The predicted molar refractivity (Wildman–Crippen MR) is 99.2 cm³/mol. The van der Waals surface area contributed by atoms with Crippen LogP contribution in [0.4, 0.5) is 5.69 Å². The third kappa shape index (κ3) is 2.92. The molecular weight excluding hydrogens is 300 g/mol. The molecule has 1 aliphatic heterocycles. The lowest BCUT2D eigenvalue weighted by Crippen LogP contribution is -2.44. The van der Waals surface area contributed by atoms with E-state index in [1.807, 2.05) is 23.7 Å². The fourth-order valence-corrected chi connectivity index (χ4v) is 4.39. The summed E-state index contributed by atoms with van der Waals surface area (Å²) in [5, 5.41) is 16.1. The average Bonchev–Trinajstić information content (AvgIpc) is 3.01. The second-order valence-electron chi connectivity index (χ2n) is 7.20. The van der Waals surface area contributed by atoms with Crippen molar-refractivity contribution in [1.29, 1.82) is 0 Å². The van der Waals surface area contributed by atoms with E-state index >= 15 is 0 Å². The van der Waals surface area contributed by atoms with Gasteiger partial charge in [0.05, 0.1) is 0 Å². The normalized spacial score (nSPS) is 22.7. The molecule has 2 aliphatic rings. The molecule has 2 heterocycles. The van der Waals surface area contributed by atoms with Gasteiger partial charge in [0.1, 0.15) is 0 Å². The number of piperidine rings is 1. The maximum Gasteiger partial charge on any atom is 0.0478 e. The molecule has 1 atom stereocenters. The smallest absolute Gasteiger partial charge is 0.0478 e. The molecule has 3 N–H and O–H groups in total. The number of benzene rings is 1. The van der Waals surface area contributed by atoms with Crippen molar-refractivity contribution in [3.05, 3.63) is 34.7 Å². The van der Waals surface area contributed by atoms with E-state index in [1.54, 1.807) is 0 Å². The number of aromatic nitrogens is 1. The van der Waals surface area contributed by atoms with Crippen LogP contribution in [-0.2, 0) is 6.42 Å². The number of hydrogen-bond acceptors (Lipinski definition) is 4. The number of aryl methyl sites for hydroxylation is 1. The molecule has 1 fully saturated rings. The first-order chi connectivity index (χ1) is 11.8. The summed E-state index contributed by atoms with van der Waals surface area (Å²) >= 11 is 0. The minimum absolute atomic E-state index is 0.419. The first-order valence-corrected chi connectivity index (χ1v) is 9.29. The van der Waals surface area contributed by atoms with Crippen LogP contribution in [-0.4, -0.2) is 35.6 Å². The Bertz CT molecular complexity index is 703. The van der Waals surface area contributed by atoms with Crippen LogP contribution >= 0.6 is 0 Å². The molecule has 1 unspecified atom stereocenters. The van der Waals surface area contributed by atoms with Gasteiger partial charge < -0.3 is 25.9 Å². The van der Waals surface area contributed by atoms with Gasteiger partial charge in [0, 0.05) is 34.4 Å². The van der Waals surface area contributed by atoms with Crippen LogP contribution < -0.4 is 10.8 Å². The minimum atomic E-state index is 0.419. The summed E-state index contributed by atoms with van der Waals surface area (Å²) in [6, 6.07) is 6.89. The van der Waals surface area contributed by atoms with E-state index in [4.69, 9.17) is 0 Å². The lowest BCUT2D eigenvalue weighted by molar-refractivity contribution is 0.195. The third-order valence-corrected chi connectivity index (χ3v) is 5.80. The van der Waals surface area contributed by atoms with Gasteiger partial charge in [-0.1, -0.05) is 6.92 Å². The zero-order chi connectivity index (χ0) is 16.5. The van der Waals surface area contributed by atoms with Crippen molar-refractivity contribution in [2.75, 3.05) is 25.1 Å². The molecule has 4 rings (SSSR count). The molecule has 0 amide bonds. The number of rotatable bonds is 4. The Morgan fingerprint density at radius 3 is 2.83 bits per heavy atom. The summed E-state index contributed by atoms with van der Waals surface area (Å²) in [7, 11) is 0. The monoisotopic (exact) mass is 327 g/mol. The van der Waals surface area contributed by atoms with Crippen molar-refractivity contribution in [2.45, 2.75) is 51.1 Å². The van der Waals surface area contributed by atoms with E-state index in [1.165, 1.54) is 62.0 Å². The molecule has 1 saturated heterocycles. The van der Waals surface area contributed by atoms with Crippen LogP contribution in [0.5, 0.6) is 0 Å². The number of fused-ring (bicyclic) bond motifs is 3. The molecule has 5 nitrogen and oxygen atoms in total. The molecular formula is C19H27N4O-. The first kappa shape index (κ1) is 15.9. The Labute approximate surface area is 143 Å². The number of hydrogen-bond donors (Lipinski definition) is 3. The number of nitrogens with zero attached hydrogens (tertiary/aromatic N) is 1. The van der Waals surface area contributed by atoms with E-state index < -0.39 is 0 Å². The van der Waals surface area contributed by atoms with Gasteiger partial charge in [-0.3, -0.25) is 0 Å². The Morgan fingerprint density at radius 1 is 1.25 bits per heavy atom. The highest BCUT2D eigenvalue weighted by Crippen LogP contribution is 2.36. The first-order valence-electron chi connectivity index (χ1n) is 9.29. The van der Waals surface area contributed by atoms with Gasteiger partial charge in [-0.25, -0.2) is 0 Å². The van der Waals surface area contributed by atoms with Crippen LogP contribution in [0.3, 0.4) is 0 Å². The summed E-state index contributed by atoms with van der Waals surface area (Å²) in [5.41, 5.74) is 6.55. The second-order valence-corrected chi connectivity index (χ2v) is 7.20. The Kier molecular flexibility index (Phi) is 4.48. The molecule has 24 heavy (non-hydrogen) atoms. The van der Waals surface area contributed by atoms with E-state index in [2.05, 4.69) is 22.1 Å². The summed E-state index contributed by atoms with van der Waals surface area (Å²) in [6.07, 6.45) is 5.99. The minimum Gasteiger partial charge on any atom is -0.761 e. The average molecular weight is 327 g/mol. The molecule has 2 aromatic rings. The quantitative estimate of drug-likeness (QED) is 0.752. The van der Waals surface area contributed by atoms with Crippen molar-refractivity contribution >= 4 is 16.6 Å². The van der Waals surface area contributed by atoms with Gasteiger partial charge >= 0.3 is 0 Å². The van der Waals surface area contributed by atoms with E-state index in [0.29, 0.717) is 17.8 Å². The highest BCUT2D eigenvalue weighted by molar-refractivity contribution is 5.88. The summed E-state index contributed by atoms with van der Waals surface area (Å²) in [4.78, 5) is 6.16. The number of aromatic amines is 1. The van der Waals surface area contributed by atoms with E-state index in [9.17, 15) is 5.21 Å². The molecule has 0 saturated carbocycles. The van der Waals surface area contributed by atoms with Gasteiger partial charge in [0.2, 0.25) is 0 Å². The van der Waals surface area contributed by atoms with E-state index in [-0.39, 0.29) is 0 Å². The van der Waals surface area contributed by atoms with Crippen molar-refractivity contribution in [2.24, 2.45) is 0 Å². The lowest BCUT2D eigenvalue weighted by atomic mass is 9.90. The summed E-state index contributed by atoms with van der Waals surface area (Å²) in [5.74, 6) is 0. The van der Waals surface area contributed by atoms with Gasteiger partial charge in [-0.2, -0.15) is 0 Å². The molecule has 1 aromatic heterocycles. The number of H-pyrrole nitrogens is 1. The Balaban J connectivity index is 1.55. The highest BCUT2D eigenvalue weighted by Gasteiger charge is 2.27. The molecule has 0 bridgehead atoms. The van der Waals surface area contributed by atoms with E-state index in [0.717, 1.165) is 11.9 Å². The largest absolute Gasteiger partial charge is 0.761 e. The molecule has 0 spiro atoms. The van der Waals surface area contributed by atoms with Crippen LogP contribution in [0.15, 0.2) is 18.2 Å². The third-order valence-electron chi connectivity index (χ3n) is 5.80. The van der Waals surface area contributed by atoms with Crippen molar-refractivity contribution in [1.82, 2.24) is 15.2 Å². The Hall–Kier alpha value is -1.56. The fourth-order valence-electron chi connectivity index (χ4n) is 4.39. The van der Waals surface area contributed by atoms with Gasteiger partial charge in [-0.05, 0) is 75.5 Å². The second kappa shape index (κ2) is 6.75. The summed E-state index contributed by atoms with van der Waals surface area (Å²) < 4.78 is 0. The highest BCUT2D eigenvalue weighted by atomic mass is 16.5. The molecule has 130 valence electrons. The Morgan fingerprint density at radius 2 is 2.08 bits per heavy atom. The SMILES string of the molecule is CCN1CCC(NC2CCCc3c2[nH]c2ccc(N[O-])cc32)CC1. The zero-order valence-corrected chi connectivity index (χ0v) is 14.4. The van der Waals surface area contributed by atoms with Gasteiger partial charge in [-0.15, -0.1) is 0 Å². The van der Waals surface area contributed by atoms with Crippen molar-refractivity contribution in [3.8, 4) is 0 Å². The number of anilines is 1. The van der Waals surface area contributed by atoms with Crippen LogP contribution in [0.1, 0.15) is 49.9 Å². The topological polar surface area (TPSA) is 66.1 Å². The van der Waals surface area contributed by atoms with Crippen molar-refractivity contribution in [3.63, 3.8) is 0 Å². The fraction of sp³-hybridized carbons (Fsp3) is 0.579. The molecule has 1 aromatic carbocycles. The molecule has 1 aliphatic carbocycles. The maximum atomic E-state index is 11.0.